The van der Waals surface area contributed by atoms with Crippen LogP contribution in [0.3, 0.4) is 0 Å². The Morgan fingerprint density at radius 2 is 1.85 bits per heavy atom. The second-order valence-electron chi connectivity index (χ2n) is 6.81. The average Bonchev–Trinajstić information content (AvgIpc) is 3.02. The maximum absolute atomic E-state index is 12.7. The Morgan fingerprint density at radius 3 is 2.55 bits per heavy atom. The predicted octanol–water partition coefficient (Wildman–Crippen LogP) is 5.89. The minimum Gasteiger partial charge on any atom is -0.462 e. The maximum atomic E-state index is 12.7. The van der Waals surface area contributed by atoms with Crippen molar-refractivity contribution in [2.24, 2.45) is 0 Å². The van der Waals surface area contributed by atoms with Crippen LogP contribution in [0.5, 0.6) is 0 Å². The zero-order valence-corrected chi connectivity index (χ0v) is 20.3. The van der Waals surface area contributed by atoms with Crippen LogP contribution in [-0.4, -0.2) is 41.1 Å². The number of benzene rings is 2. The largest absolute Gasteiger partial charge is 0.462 e. The number of esters is 1. The summed E-state index contributed by atoms with van der Waals surface area (Å²) in [7, 11) is 0. The molecule has 0 spiro atoms. The van der Waals surface area contributed by atoms with Crippen LogP contribution in [0.1, 0.15) is 29.3 Å². The first-order chi connectivity index (χ1) is 15.7. The van der Waals surface area contributed by atoms with Crippen LogP contribution < -0.4 is 5.32 Å². The molecule has 1 fully saturated rings. The van der Waals surface area contributed by atoms with Crippen molar-refractivity contribution in [2.75, 3.05) is 18.5 Å². The summed E-state index contributed by atoms with van der Waals surface area (Å²) in [5.74, 6) is -1.86. The summed E-state index contributed by atoms with van der Waals surface area (Å²) < 4.78 is 5.07. The molecule has 0 aliphatic carbocycles. The first-order valence-corrected chi connectivity index (χ1v) is 11.6. The van der Waals surface area contributed by atoms with Gasteiger partial charge in [0.25, 0.3) is 11.1 Å². The first-order valence-electron chi connectivity index (χ1n) is 9.66. The molecule has 0 saturated carbocycles. The van der Waals surface area contributed by atoms with Crippen molar-refractivity contribution in [1.82, 2.24) is 4.90 Å². The Balaban J connectivity index is 1.69. The van der Waals surface area contributed by atoms with Crippen LogP contribution in [-0.2, 0) is 14.3 Å². The van der Waals surface area contributed by atoms with Crippen molar-refractivity contribution in [1.29, 1.82) is 0 Å². The number of nitrogens with zero attached hydrogens (tertiary/aromatic N) is 1. The van der Waals surface area contributed by atoms with E-state index in [9.17, 15) is 19.2 Å². The summed E-state index contributed by atoms with van der Waals surface area (Å²) in [6, 6.07) is 9.05. The fraction of sp³-hybridized carbons (Fsp3) is 0.182. The first kappa shape index (κ1) is 25.1. The number of nitrogens with one attached hydrogen (secondary N) is 1. The summed E-state index contributed by atoms with van der Waals surface area (Å²) in [5.41, 5.74) is 0.875. The molecule has 33 heavy (non-hydrogen) atoms. The number of anilines is 1. The van der Waals surface area contributed by atoms with Crippen molar-refractivity contribution in [3.63, 3.8) is 0 Å². The fourth-order valence-corrected chi connectivity index (χ4v) is 4.26. The number of halogens is 3. The molecule has 0 aromatic heterocycles. The number of imide groups is 1. The van der Waals surface area contributed by atoms with Crippen molar-refractivity contribution in [2.45, 2.75) is 13.3 Å². The lowest BCUT2D eigenvalue weighted by Crippen LogP contribution is -2.36. The molecule has 1 aliphatic heterocycles. The van der Waals surface area contributed by atoms with E-state index in [4.69, 9.17) is 39.5 Å². The molecular weight excluding hydrogens is 511 g/mol. The van der Waals surface area contributed by atoms with Gasteiger partial charge in [0.15, 0.2) is 0 Å². The Labute approximate surface area is 209 Å². The normalized spacial score (nSPS) is 14.7. The van der Waals surface area contributed by atoms with E-state index < -0.39 is 29.6 Å². The van der Waals surface area contributed by atoms with E-state index in [1.165, 1.54) is 30.3 Å². The van der Waals surface area contributed by atoms with Gasteiger partial charge in [-0.25, -0.2) is 4.79 Å². The Bertz CT molecular complexity index is 1170. The van der Waals surface area contributed by atoms with E-state index >= 15 is 0 Å². The highest BCUT2D eigenvalue weighted by atomic mass is 35.5. The number of carbonyl (C=O) groups is 4. The summed E-state index contributed by atoms with van der Waals surface area (Å²) in [6.45, 7) is 1.59. The van der Waals surface area contributed by atoms with Gasteiger partial charge in [0.2, 0.25) is 5.91 Å². The molecule has 3 amide bonds. The molecule has 1 saturated heterocycles. The van der Waals surface area contributed by atoms with Crippen LogP contribution in [0, 0.1) is 0 Å². The summed E-state index contributed by atoms with van der Waals surface area (Å²) >= 11 is 18.7. The van der Waals surface area contributed by atoms with Gasteiger partial charge in [-0.1, -0.05) is 47.8 Å². The number of carbonyl (C=O) groups excluding carboxylic acids is 4. The maximum Gasteiger partial charge on any atom is 0.339 e. The third kappa shape index (κ3) is 6.29. The number of rotatable bonds is 7. The highest BCUT2D eigenvalue weighted by Gasteiger charge is 2.36. The standard InChI is InChI=1S/C22H17Cl3N2O5S/c1-2-7-32-21(30)15-10-14(5-6-16(15)24)26-19(28)11-27-20(29)18(33-22(27)31)8-12-3-4-13(23)9-17(12)25/h3-6,8-10H,2,7,11H2,1H3,(H,26,28)/b18-8+. The van der Waals surface area contributed by atoms with Crippen LogP contribution >= 0.6 is 46.6 Å². The Hall–Kier alpha value is -2.52. The average molecular weight is 528 g/mol. The second-order valence-corrected chi connectivity index (χ2v) is 9.06. The smallest absolute Gasteiger partial charge is 0.339 e. The van der Waals surface area contributed by atoms with Gasteiger partial charge in [-0.15, -0.1) is 0 Å². The molecular formula is C22H17Cl3N2O5S. The predicted molar refractivity (Wildman–Crippen MR) is 130 cm³/mol. The van der Waals surface area contributed by atoms with E-state index in [1.54, 1.807) is 12.1 Å². The molecule has 3 rings (SSSR count). The summed E-state index contributed by atoms with van der Waals surface area (Å²) in [5, 5.41) is 2.89. The zero-order valence-electron chi connectivity index (χ0n) is 17.2. The van der Waals surface area contributed by atoms with Gasteiger partial charge in [-0.05, 0) is 60.2 Å². The van der Waals surface area contributed by atoms with Crippen LogP contribution in [0.4, 0.5) is 10.5 Å². The van der Waals surface area contributed by atoms with Gasteiger partial charge in [0.1, 0.15) is 6.54 Å². The number of thioether (sulfide) groups is 1. The van der Waals surface area contributed by atoms with E-state index in [-0.39, 0.29) is 27.8 Å². The van der Waals surface area contributed by atoms with Crippen LogP contribution in [0.25, 0.3) is 6.08 Å². The highest BCUT2D eigenvalue weighted by molar-refractivity contribution is 8.18. The van der Waals surface area contributed by atoms with E-state index in [0.29, 0.717) is 33.8 Å². The summed E-state index contributed by atoms with van der Waals surface area (Å²) in [4.78, 5) is 50.5. The Kier molecular flexibility index (Phi) is 8.42. The molecule has 0 radical (unpaired) electrons. The molecule has 172 valence electrons. The topological polar surface area (TPSA) is 92.8 Å². The molecule has 0 bridgehead atoms. The lowest BCUT2D eigenvalue weighted by atomic mass is 10.2. The van der Waals surface area contributed by atoms with Gasteiger partial charge in [0.05, 0.1) is 22.1 Å². The molecule has 1 heterocycles. The van der Waals surface area contributed by atoms with Crippen molar-refractivity contribution in [3.05, 3.63) is 67.5 Å². The number of ether oxygens (including phenoxy) is 1. The van der Waals surface area contributed by atoms with Crippen molar-refractivity contribution < 1.29 is 23.9 Å². The lowest BCUT2D eigenvalue weighted by molar-refractivity contribution is -0.127. The molecule has 2 aromatic rings. The molecule has 7 nitrogen and oxygen atoms in total. The highest BCUT2D eigenvalue weighted by Crippen LogP contribution is 2.34. The molecule has 2 aromatic carbocycles. The van der Waals surface area contributed by atoms with Crippen molar-refractivity contribution in [3.8, 4) is 0 Å². The van der Waals surface area contributed by atoms with E-state index in [2.05, 4.69) is 5.32 Å². The molecule has 0 atom stereocenters. The number of hydrogen-bond donors (Lipinski definition) is 1. The third-order valence-corrected chi connectivity index (χ3v) is 6.13. The van der Waals surface area contributed by atoms with Gasteiger partial charge < -0.3 is 10.1 Å². The van der Waals surface area contributed by atoms with Gasteiger partial charge >= 0.3 is 5.97 Å². The summed E-state index contributed by atoms with van der Waals surface area (Å²) in [6.07, 6.45) is 2.12. The monoisotopic (exact) mass is 526 g/mol. The molecule has 1 aliphatic rings. The zero-order chi connectivity index (χ0) is 24.1. The van der Waals surface area contributed by atoms with Gasteiger partial charge in [-0.2, -0.15) is 0 Å². The SMILES string of the molecule is CCCOC(=O)c1cc(NC(=O)CN2C(=O)S/C(=C/c3ccc(Cl)cc3Cl)C2=O)ccc1Cl. The Morgan fingerprint density at radius 1 is 1.09 bits per heavy atom. The molecule has 1 N–H and O–H groups in total. The van der Waals surface area contributed by atoms with Gasteiger partial charge in [0, 0.05) is 15.7 Å². The van der Waals surface area contributed by atoms with Gasteiger partial charge in [-0.3, -0.25) is 19.3 Å². The quantitative estimate of drug-likeness (QED) is 0.357. The second kappa shape index (κ2) is 11.1. The number of amides is 3. The third-order valence-electron chi connectivity index (χ3n) is 4.33. The van der Waals surface area contributed by atoms with Crippen LogP contribution in [0.2, 0.25) is 15.1 Å². The van der Waals surface area contributed by atoms with E-state index in [1.807, 2.05) is 6.92 Å². The lowest BCUT2D eigenvalue weighted by Gasteiger charge is -2.13. The van der Waals surface area contributed by atoms with E-state index in [0.717, 1.165) is 4.90 Å². The molecule has 11 heteroatoms. The minimum absolute atomic E-state index is 0.0943. The van der Waals surface area contributed by atoms with Crippen LogP contribution in [0.15, 0.2) is 41.3 Å². The van der Waals surface area contributed by atoms with Crippen molar-refractivity contribution >= 4 is 81.4 Å². The molecule has 0 unspecified atom stereocenters. The number of hydrogen-bond acceptors (Lipinski definition) is 6. The fourth-order valence-electron chi connectivity index (χ4n) is 2.77. The minimum atomic E-state index is -0.627.